The highest BCUT2D eigenvalue weighted by Crippen LogP contribution is 2.08. The molecule has 1 saturated heterocycles. The monoisotopic (exact) mass is 262 g/mol. The molecule has 1 aliphatic heterocycles. The maximum Gasteiger partial charge on any atom is 0.261 e. The molecule has 1 fully saturated rings. The van der Waals surface area contributed by atoms with Crippen LogP contribution in [0, 0.1) is 6.92 Å². The van der Waals surface area contributed by atoms with Gasteiger partial charge in [-0.25, -0.2) is 0 Å². The predicted octanol–water partition coefficient (Wildman–Crippen LogP) is 1.85. The molecule has 104 valence electrons. The zero-order valence-electron chi connectivity index (χ0n) is 11.8. The fourth-order valence-electron chi connectivity index (χ4n) is 2.64. The average molecular weight is 262 g/mol. The molecule has 0 saturated carbocycles. The lowest BCUT2D eigenvalue weighted by Gasteiger charge is -2.26. The number of ketones is 1. The van der Waals surface area contributed by atoms with E-state index in [-0.39, 0.29) is 11.3 Å². The summed E-state index contributed by atoms with van der Waals surface area (Å²) in [5, 5.41) is 0. The maximum absolute atomic E-state index is 12.2. The fraction of sp³-hybridized carbons (Fsp3) is 0.600. The van der Waals surface area contributed by atoms with Crippen LogP contribution in [-0.4, -0.2) is 34.9 Å². The van der Waals surface area contributed by atoms with Crippen LogP contribution in [0.25, 0.3) is 0 Å². The summed E-state index contributed by atoms with van der Waals surface area (Å²) in [4.78, 5) is 26.0. The third-order valence-corrected chi connectivity index (χ3v) is 3.86. The number of hydrogen-bond acceptors (Lipinski definition) is 3. The number of carbonyl (C=O) groups excluding carboxylic acids is 1. The van der Waals surface area contributed by atoms with Crippen molar-refractivity contribution in [1.29, 1.82) is 0 Å². The molecule has 2 rings (SSSR count). The van der Waals surface area contributed by atoms with E-state index in [1.807, 2.05) is 13.0 Å². The number of hydrogen-bond donors (Lipinski definition) is 0. The van der Waals surface area contributed by atoms with E-state index in [9.17, 15) is 9.59 Å². The van der Waals surface area contributed by atoms with E-state index >= 15 is 0 Å². The Hall–Kier alpha value is -1.42. The lowest BCUT2D eigenvalue weighted by Crippen LogP contribution is -2.36. The van der Waals surface area contributed by atoms with E-state index in [1.165, 1.54) is 26.2 Å². The minimum Gasteiger partial charge on any atom is -0.311 e. The number of Topliss-reactive ketones (excluding diaryl/α,β-unsaturated/α-hetero) is 1. The molecule has 1 aromatic rings. The Labute approximate surface area is 114 Å². The second-order valence-corrected chi connectivity index (χ2v) is 5.30. The third-order valence-electron chi connectivity index (χ3n) is 3.86. The van der Waals surface area contributed by atoms with Gasteiger partial charge in [0, 0.05) is 18.8 Å². The van der Waals surface area contributed by atoms with Gasteiger partial charge in [-0.1, -0.05) is 6.42 Å². The van der Waals surface area contributed by atoms with Gasteiger partial charge in [0.2, 0.25) is 0 Å². The van der Waals surface area contributed by atoms with Crippen molar-refractivity contribution in [2.45, 2.75) is 39.7 Å². The van der Waals surface area contributed by atoms with Crippen LogP contribution in [0.2, 0.25) is 0 Å². The van der Waals surface area contributed by atoms with Crippen LogP contribution in [-0.2, 0) is 6.54 Å². The molecule has 19 heavy (non-hydrogen) atoms. The summed E-state index contributed by atoms with van der Waals surface area (Å²) in [6.07, 6.45) is 3.82. The van der Waals surface area contributed by atoms with Crippen LogP contribution in [0.3, 0.4) is 0 Å². The highest BCUT2D eigenvalue weighted by molar-refractivity contribution is 5.93. The number of pyridine rings is 1. The van der Waals surface area contributed by atoms with E-state index in [4.69, 9.17) is 0 Å². The molecule has 0 aromatic carbocycles. The molecule has 0 N–H and O–H groups in total. The first-order chi connectivity index (χ1) is 9.09. The Morgan fingerprint density at radius 1 is 1.16 bits per heavy atom. The summed E-state index contributed by atoms with van der Waals surface area (Å²) >= 11 is 0. The lowest BCUT2D eigenvalue weighted by atomic mass is 10.1. The van der Waals surface area contributed by atoms with Gasteiger partial charge in [-0.05, 0) is 51.9 Å². The smallest absolute Gasteiger partial charge is 0.261 e. The number of nitrogens with zero attached hydrogens (tertiary/aromatic N) is 2. The maximum atomic E-state index is 12.2. The Balaban J connectivity index is 2.12. The van der Waals surface area contributed by atoms with Crippen LogP contribution in [0.4, 0.5) is 0 Å². The Kier molecular flexibility index (Phi) is 4.53. The molecular formula is C15H22N2O2. The number of piperidine rings is 1. The van der Waals surface area contributed by atoms with E-state index in [1.54, 1.807) is 10.6 Å². The van der Waals surface area contributed by atoms with E-state index in [0.717, 1.165) is 25.3 Å². The minimum absolute atomic E-state index is 0.149. The molecule has 0 aliphatic carbocycles. The summed E-state index contributed by atoms with van der Waals surface area (Å²) in [5.41, 5.74) is 1.07. The Bertz CT molecular complexity index is 513. The molecular weight excluding hydrogens is 240 g/mol. The molecule has 1 aromatic heterocycles. The molecule has 4 nitrogen and oxygen atoms in total. The standard InChI is InChI=1S/C15H22N2O2/c1-12-6-7-14(13(2)18)15(19)17(12)11-10-16-8-4-3-5-9-16/h6-7H,3-5,8-11H2,1-2H3. The van der Waals surface area contributed by atoms with Crippen molar-refractivity contribution in [1.82, 2.24) is 9.47 Å². The number of rotatable bonds is 4. The van der Waals surface area contributed by atoms with Gasteiger partial charge in [0.1, 0.15) is 0 Å². The topological polar surface area (TPSA) is 42.3 Å². The first kappa shape index (κ1) is 14.0. The molecule has 4 heteroatoms. The van der Waals surface area contributed by atoms with Crippen LogP contribution in [0.15, 0.2) is 16.9 Å². The van der Waals surface area contributed by atoms with Crippen molar-refractivity contribution >= 4 is 5.78 Å². The van der Waals surface area contributed by atoms with Crippen molar-refractivity contribution in [3.63, 3.8) is 0 Å². The lowest BCUT2D eigenvalue weighted by molar-refractivity contribution is 0.101. The zero-order chi connectivity index (χ0) is 13.8. The minimum atomic E-state index is -0.156. The molecule has 0 radical (unpaired) electrons. The second kappa shape index (κ2) is 6.15. The van der Waals surface area contributed by atoms with Gasteiger partial charge in [0.25, 0.3) is 5.56 Å². The van der Waals surface area contributed by atoms with Gasteiger partial charge in [0.05, 0.1) is 5.56 Å². The van der Waals surface area contributed by atoms with Crippen molar-refractivity contribution < 1.29 is 4.79 Å². The van der Waals surface area contributed by atoms with E-state index in [0.29, 0.717) is 12.1 Å². The Morgan fingerprint density at radius 2 is 1.84 bits per heavy atom. The molecule has 0 atom stereocenters. The van der Waals surface area contributed by atoms with Crippen molar-refractivity contribution in [3.05, 3.63) is 33.7 Å². The number of carbonyl (C=O) groups is 1. The van der Waals surface area contributed by atoms with Crippen LogP contribution in [0.5, 0.6) is 0 Å². The van der Waals surface area contributed by atoms with Gasteiger partial charge in [-0.15, -0.1) is 0 Å². The molecule has 0 spiro atoms. The van der Waals surface area contributed by atoms with Gasteiger partial charge in [-0.2, -0.15) is 0 Å². The van der Waals surface area contributed by atoms with Gasteiger partial charge in [-0.3, -0.25) is 9.59 Å². The van der Waals surface area contributed by atoms with E-state index < -0.39 is 0 Å². The quantitative estimate of drug-likeness (QED) is 0.778. The normalized spacial score (nSPS) is 16.5. The summed E-state index contributed by atoms with van der Waals surface area (Å²) < 4.78 is 1.73. The number of aromatic nitrogens is 1. The molecule has 2 heterocycles. The summed E-state index contributed by atoms with van der Waals surface area (Å²) in [7, 11) is 0. The highest BCUT2D eigenvalue weighted by Gasteiger charge is 2.13. The molecule has 0 bridgehead atoms. The van der Waals surface area contributed by atoms with Crippen molar-refractivity contribution in [2.24, 2.45) is 0 Å². The van der Waals surface area contributed by atoms with Crippen LogP contribution in [0.1, 0.15) is 42.2 Å². The highest BCUT2D eigenvalue weighted by atomic mass is 16.1. The fourth-order valence-corrected chi connectivity index (χ4v) is 2.64. The number of likely N-dealkylation sites (tertiary alicyclic amines) is 1. The summed E-state index contributed by atoms with van der Waals surface area (Å²) in [6, 6.07) is 3.49. The molecule has 1 aliphatic rings. The molecule has 0 amide bonds. The molecule has 0 unspecified atom stereocenters. The first-order valence-electron chi connectivity index (χ1n) is 7.03. The van der Waals surface area contributed by atoms with Crippen LogP contribution < -0.4 is 5.56 Å². The van der Waals surface area contributed by atoms with Crippen molar-refractivity contribution in [3.8, 4) is 0 Å². The predicted molar refractivity (Wildman–Crippen MR) is 75.7 cm³/mol. The van der Waals surface area contributed by atoms with Gasteiger partial charge >= 0.3 is 0 Å². The van der Waals surface area contributed by atoms with Gasteiger partial charge in [0.15, 0.2) is 5.78 Å². The second-order valence-electron chi connectivity index (χ2n) is 5.30. The average Bonchev–Trinajstić information content (AvgIpc) is 2.39. The zero-order valence-corrected chi connectivity index (χ0v) is 11.8. The SMILES string of the molecule is CC(=O)c1ccc(C)n(CCN2CCCCC2)c1=O. The number of aryl methyl sites for hydroxylation is 1. The van der Waals surface area contributed by atoms with Gasteiger partial charge < -0.3 is 9.47 Å². The third kappa shape index (κ3) is 3.32. The van der Waals surface area contributed by atoms with Crippen molar-refractivity contribution in [2.75, 3.05) is 19.6 Å². The summed E-state index contributed by atoms with van der Waals surface area (Å²) in [6.45, 7) is 7.18. The first-order valence-corrected chi connectivity index (χ1v) is 7.03. The largest absolute Gasteiger partial charge is 0.311 e. The van der Waals surface area contributed by atoms with E-state index in [2.05, 4.69) is 4.90 Å². The summed E-state index contributed by atoms with van der Waals surface area (Å²) in [5.74, 6) is -0.156. The Morgan fingerprint density at radius 3 is 2.47 bits per heavy atom. The van der Waals surface area contributed by atoms with Crippen LogP contribution >= 0.6 is 0 Å².